The second-order valence-electron chi connectivity index (χ2n) is 5.40. The number of carbonyl (C=O) groups is 3. The summed E-state index contributed by atoms with van der Waals surface area (Å²) in [5.41, 5.74) is 4.24. The number of nitrogens with one attached hydrogen (secondary N) is 1. The van der Waals surface area contributed by atoms with E-state index in [4.69, 9.17) is 5.73 Å². The molecule has 0 aromatic carbocycles. The zero-order valence-electron chi connectivity index (χ0n) is 12.0. The van der Waals surface area contributed by atoms with Gasteiger partial charge in [-0.1, -0.05) is 13.3 Å². The van der Waals surface area contributed by atoms with Crippen LogP contribution in [0.2, 0.25) is 0 Å². The number of hydrogen-bond donors (Lipinski definition) is 3. The summed E-state index contributed by atoms with van der Waals surface area (Å²) in [4.78, 5) is 35.7. The van der Waals surface area contributed by atoms with E-state index in [9.17, 15) is 19.5 Å². The molecular weight excluding hydrogens is 262 g/mol. The zero-order valence-corrected chi connectivity index (χ0v) is 12.0. The summed E-state index contributed by atoms with van der Waals surface area (Å²) in [7, 11) is 0. The van der Waals surface area contributed by atoms with Gasteiger partial charge in [0.25, 0.3) is 0 Å². The lowest BCUT2D eigenvalue weighted by Gasteiger charge is -2.40. The van der Waals surface area contributed by atoms with Gasteiger partial charge in [-0.25, -0.2) is 4.79 Å². The van der Waals surface area contributed by atoms with Crippen molar-refractivity contribution in [3.63, 3.8) is 0 Å². The third-order valence-electron chi connectivity index (χ3n) is 4.11. The molecule has 0 spiro atoms. The van der Waals surface area contributed by atoms with Crippen LogP contribution < -0.4 is 11.1 Å². The van der Waals surface area contributed by atoms with E-state index in [1.54, 1.807) is 6.92 Å². The van der Waals surface area contributed by atoms with E-state index in [2.05, 4.69) is 5.32 Å². The van der Waals surface area contributed by atoms with Gasteiger partial charge < -0.3 is 10.8 Å². The lowest BCUT2D eigenvalue weighted by atomic mass is 9.75. The van der Waals surface area contributed by atoms with Crippen LogP contribution in [0, 0.1) is 5.41 Å². The molecule has 20 heavy (non-hydrogen) atoms. The SMILES string of the molecule is CCCC1(C(=O)O)CCN(C(C)C(=O)NC(N)=O)CC1. The van der Waals surface area contributed by atoms with Crippen LogP contribution in [0.5, 0.6) is 0 Å². The van der Waals surface area contributed by atoms with Gasteiger partial charge in [0.1, 0.15) is 0 Å². The number of carboxylic acids is 1. The average Bonchev–Trinajstić information content (AvgIpc) is 2.38. The zero-order chi connectivity index (χ0) is 15.3. The van der Waals surface area contributed by atoms with Crippen molar-refractivity contribution in [2.45, 2.75) is 45.6 Å². The molecule has 0 radical (unpaired) electrons. The number of likely N-dealkylation sites (tertiary alicyclic amines) is 1. The number of nitrogens with two attached hydrogens (primary N) is 1. The molecule has 1 aliphatic rings. The molecule has 0 saturated carbocycles. The number of aliphatic carboxylic acids is 1. The van der Waals surface area contributed by atoms with Crippen LogP contribution in [-0.2, 0) is 9.59 Å². The van der Waals surface area contributed by atoms with E-state index < -0.39 is 29.4 Å². The first-order chi connectivity index (χ1) is 9.32. The van der Waals surface area contributed by atoms with Crippen LogP contribution in [0.3, 0.4) is 0 Å². The van der Waals surface area contributed by atoms with Gasteiger partial charge in [0.2, 0.25) is 5.91 Å². The summed E-state index contributed by atoms with van der Waals surface area (Å²) in [5, 5.41) is 11.5. The molecule has 1 heterocycles. The lowest BCUT2D eigenvalue weighted by molar-refractivity contribution is -0.153. The normalized spacial score (nSPS) is 20.1. The van der Waals surface area contributed by atoms with Crippen LogP contribution in [0.1, 0.15) is 39.5 Å². The largest absolute Gasteiger partial charge is 0.481 e. The molecule has 0 bridgehead atoms. The third-order valence-corrected chi connectivity index (χ3v) is 4.11. The molecule has 7 nitrogen and oxygen atoms in total. The molecule has 0 aromatic heterocycles. The Morgan fingerprint density at radius 3 is 2.30 bits per heavy atom. The predicted octanol–water partition coefficient (Wildman–Crippen LogP) is 0.537. The minimum absolute atomic E-state index is 0.448. The molecule has 3 amide bonds. The van der Waals surface area contributed by atoms with E-state index >= 15 is 0 Å². The number of imide groups is 1. The van der Waals surface area contributed by atoms with Crippen LogP contribution in [0.4, 0.5) is 4.79 Å². The highest BCUT2D eigenvalue weighted by molar-refractivity contribution is 5.96. The second kappa shape index (κ2) is 6.69. The minimum Gasteiger partial charge on any atom is -0.481 e. The van der Waals surface area contributed by atoms with Crippen LogP contribution >= 0.6 is 0 Å². The molecule has 1 aliphatic heterocycles. The number of piperidine rings is 1. The van der Waals surface area contributed by atoms with Crippen LogP contribution in [-0.4, -0.2) is 47.0 Å². The average molecular weight is 285 g/mol. The number of carbonyl (C=O) groups excluding carboxylic acids is 2. The molecule has 1 unspecified atom stereocenters. The van der Waals surface area contributed by atoms with Crippen LogP contribution in [0.25, 0.3) is 0 Å². The lowest BCUT2D eigenvalue weighted by Crippen LogP contribution is -2.53. The second-order valence-corrected chi connectivity index (χ2v) is 5.40. The van der Waals surface area contributed by atoms with Crippen LogP contribution in [0.15, 0.2) is 0 Å². The van der Waals surface area contributed by atoms with Gasteiger partial charge in [0.15, 0.2) is 0 Å². The van der Waals surface area contributed by atoms with Gasteiger partial charge in [0, 0.05) is 13.1 Å². The predicted molar refractivity (Wildman–Crippen MR) is 73.0 cm³/mol. The molecule has 114 valence electrons. The molecule has 1 atom stereocenters. The number of primary amides is 1. The van der Waals surface area contributed by atoms with E-state index in [0.29, 0.717) is 32.4 Å². The maximum Gasteiger partial charge on any atom is 0.318 e. The van der Waals surface area contributed by atoms with Crippen molar-refractivity contribution in [1.29, 1.82) is 0 Å². The topological polar surface area (TPSA) is 113 Å². The van der Waals surface area contributed by atoms with Gasteiger partial charge in [-0.3, -0.25) is 19.8 Å². The van der Waals surface area contributed by atoms with Crippen molar-refractivity contribution in [3.8, 4) is 0 Å². The number of nitrogens with zero attached hydrogens (tertiary/aromatic N) is 1. The molecule has 0 aliphatic carbocycles. The molecule has 1 saturated heterocycles. The van der Waals surface area contributed by atoms with E-state index in [1.807, 2.05) is 11.8 Å². The molecule has 1 rings (SSSR count). The fourth-order valence-corrected chi connectivity index (χ4v) is 2.78. The van der Waals surface area contributed by atoms with Crippen molar-refractivity contribution < 1.29 is 19.5 Å². The number of amides is 3. The van der Waals surface area contributed by atoms with Gasteiger partial charge in [-0.2, -0.15) is 0 Å². The van der Waals surface area contributed by atoms with Gasteiger partial charge >= 0.3 is 12.0 Å². The summed E-state index contributed by atoms with van der Waals surface area (Å²) in [6, 6.07) is -1.36. The van der Waals surface area contributed by atoms with Gasteiger partial charge in [-0.15, -0.1) is 0 Å². The Hall–Kier alpha value is -1.63. The quantitative estimate of drug-likeness (QED) is 0.682. The van der Waals surface area contributed by atoms with E-state index in [0.717, 1.165) is 6.42 Å². The van der Waals surface area contributed by atoms with Crippen molar-refractivity contribution in [3.05, 3.63) is 0 Å². The van der Waals surface area contributed by atoms with Crippen molar-refractivity contribution in [2.24, 2.45) is 11.1 Å². The summed E-state index contributed by atoms with van der Waals surface area (Å²) >= 11 is 0. The van der Waals surface area contributed by atoms with Crippen molar-refractivity contribution in [2.75, 3.05) is 13.1 Å². The Bertz CT molecular complexity index is 389. The van der Waals surface area contributed by atoms with Gasteiger partial charge in [0.05, 0.1) is 11.5 Å². The number of carboxylic acid groups (broad SMARTS) is 1. The molecular formula is C13H23N3O4. The van der Waals surface area contributed by atoms with Crippen molar-refractivity contribution >= 4 is 17.9 Å². The Morgan fingerprint density at radius 1 is 1.35 bits per heavy atom. The summed E-state index contributed by atoms with van der Waals surface area (Å²) in [5.74, 6) is -1.20. The molecule has 7 heteroatoms. The smallest absolute Gasteiger partial charge is 0.318 e. The fraction of sp³-hybridized carbons (Fsp3) is 0.769. The molecule has 4 N–H and O–H groups in total. The first-order valence-electron chi connectivity index (χ1n) is 6.90. The summed E-state index contributed by atoms with van der Waals surface area (Å²) in [6.07, 6.45) is 2.51. The van der Waals surface area contributed by atoms with Crippen molar-refractivity contribution in [1.82, 2.24) is 10.2 Å². The Labute approximate surface area is 118 Å². The monoisotopic (exact) mass is 285 g/mol. The fourth-order valence-electron chi connectivity index (χ4n) is 2.78. The highest BCUT2D eigenvalue weighted by Gasteiger charge is 2.42. The number of rotatable bonds is 5. The highest BCUT2D eigenvalue weighted by Crippen LogP contribution is 2.36. The minimum atomic E-state index is -0.871. The Balaban J connectivity index is 2.62. The molecule has 1 fully saturated rings. The third kappa shape index (κ3) is 3.69. The first-order valence-corrected chi connectivity index (χ1v) is 6.90. The number of hydrogen-bond acceptors (Lipinski definition) is 4. The van der Waals surface area contributed by atoms with E-state index in [1.165, 1.54) is 0 Å². The maximum absolute atomic E-state index is 11.7. The Kier molecular flexibility index (Phi) is 5.50. The summed E-state index contributed by atoms with van der Waals surface area (Å²) in [6.45, 7) is 4.71. The molecule has 0 aromatic rings. The van der Waals surface area contributed by atoms with E-state index in [-0.39, 0.29) is 0 Å². The Morgan fingerprint density at radius 2 is 1.90 bits per heavy atom. The number of urea groups is 1. The summed E-state index contributed by atoms with van der Waals surface area (Å²) < 4.78 is 0. The highest BCUT2D eigenvalue weighted by atomic mass is 16.4. The standard InChI is InChI=1S/C13H23N3O4/c1-3-4-13(11(18)19)5-7-16(8-6-13)9(2)10(17)15-12(14)20/h9H,3-8H2,1-2H3,(H,18,19)(H3,14,15,17,20). The maximum atomic E-state index is 11.7. The van der Waals surface area contributed by atoms with Gasteiger partial charge in [-0.05, 0) is 26.2 Å². The first kappa shape index (κ1) is 16.4.